The van der Waals surface area contributed by atoms with Gasteiger partial charge in [0.2, 0.25) is 5.91 Å². The van der Waals surface area contributed by atoms with E-state index < -0.39 is 5.97 Å². The van der Waals surface area contributed by atoms with Crippen molar-refractivity contribution in [3.8, 4) is 11.5 Å². The van der Waals surface area contributed by atoms with E-state index in [4.69, 9.17) is 14.6 Å². The van der Waals surface area contributed by atoms with Gasteiger partial charge in [0, 0.05) is 25.9 Å². The number of aliphatic carboxylic acids is 1. The Labute approximate surface area is 148 Å². The number of ether oxygens (including phenoxy) is 2. The zero-order valence-corrected chi connectivity index (χ0v) is 15.0. The number of rotatable bonds is 9. The Morgan fingerprint density at radius 3 is 2.24 bits per heavy atom. The molecule has 6 nitrogen and oxygen atoms in total. The molecule has 0 aliphatic carbocycles. The van der Waals surface area contributed by atoms with Crippen LogP contribution in [0.4, 0.5) is 0 Å². The van der Waals surface area contributed by atoms with Crippen LogP contribution in [0.25, 0.3) is 0 Å². The average molecular weight is 349 g/mol. The van der Waals surface area contributed by atoms with Crippen LogP contribution in [0.3, 0.4) is 0 Å². The number of carboxylic acid groups (broad SMARTS) is 1. The van der Waals surface area contributed by atoms with Gasteiger partial charge in [0.05, 0.1) is 13.2 Å². The predicted molar refractivity (Wildman–Crippen MR) is 94.0 cm³/mol. The predicted octanol–water partition coefficient (Wildman–Crippen LogP) is 3.01. The van der Waals surface area contributed by atoms with Gasteiger partial charge in [-0.15, -0.1) is 0 Å². The van der Waals surface area contributed by atoms with Crippen molar-refractivity contribution in [1.29, 1.82) is 0 Å². The van der Waals surface area contributed by atoms with Gasteiger partial charge in [-0.1, -0.05) is 0 Å². The molecule has 0 saturated heterocycles. The van der Waals surface area contributed by atoms with E-state index in [0.29, 0.717) is 45.6 Å². The number of hydrogen-bond acceptors (Lipinski definition) is 4. The largest absolute Gasteiger partial charge is 0.490 e. The van der Waals surface area contributed by atoms with Gasteiger partial charge in [0.15, 0.2) is 11.5 Å². The van der Waals surface area contributed by atoms with Crippen molar-refractivity contribution in [2.75, 3.05) is 19.8 Å². The Bertz CT molecular complexity index is 614. The van der Waals surface area contributed by atoms with Crippen LogP contribution in [0.15, 0.2) is 12.1 Å². The van der Waals surface area contributed by atoms with E-state index in [2.05, 4.69) is 0 Å². The van der Waals surface area contributed by atoms with Crippen LogP contribution in [0, 0.1) is 0 Å². The molecule has 1 heterocycles. The fourth-order valence-electron chi connectivity index (χ4n) is 3.02. The standard InChI is InChI=1S/C19H27NO5/c1-3-24-16-11-14-9-10-20(13-15(14)12-17(16)25-4-2)18(21)7-5-6-8-19(22)23/h11-12H,3-10,13H2,1-2H3,(H,22,23). The van der Waals surface area contributed by atoms with Crippen LogP contribution >= 0.6 is 0 Å². The van der Waals surface area contributed by atoms with Crippen molar-refractivity contribution >= 4 is 11.9 Å². The van der Waals surface area contributed by atoms with Crippen LogP contribution in [-0.4, -0.2) is 41.6 Å². The molecule has 1 amide bonds. The highest BCUT2D eigenvalue weighted by Crippen LogP contribution is 2.34. The monoisotopic (exact) mass is 349 g/mol. The number of carboxylic acids is 1. The van der Waals surface area contributed by atoms with Gasteiger partial charge in [0.1, 0.15) is 0 Å². The SMILES string of the molecule is CCOc1cc2c(cc1OCC)CN(C(=O)CCCCC(=O)O)CC2. The molecule has 0 unspecified atom stereocenters. The molecule has 0 radical (unpaired) electrons. The Kier molecular flexibility index (Phi) is 7.10. The number of carbonyl (C=O) groups excluding carboxylic acids is 1. The summed E-state index contributed by atoms with van der Waals surface area (Å²) < 4.78 is 11.3. The second-order valence-corrected chi connectivity index (χ2v) is 6.10. The number of amides is 1. The van der Waals surface area contributed by atoms with Crippen molar-refractivity contribution < 1.29 is 24.2 Å². The first-order valence-electron chi connectivity index (χ1n) is 8.96. The summed E-state index contributed by atoms with van der Waals surface area (Å²) in [6.07, 6.45) is 2.47. The zero-order chi connectivity index (χ0) is 18.2. The lowest BCUT2D eigenvalue weighted by Gasteiger charge is -2.30. The lowest BCUT2D eigenvalue weighted by Crippen LogP contribution is -2.35. The molecule has 0 bridgehead atoms. The summed E-state index contributed by atoms with van der Waals surface area (Å²) in [4.78, 5) is 24.7. The highest BCUT2D eigenvalue weighted by Gasteiger charge is 2.22. The minimum absolute atomic E-state index is 0.0860. The molecule has 138 valence electrons. The second kappa shape index (κ2) is 9.30. The lowest BCUT2D eigenvalue weighted by molar-refractivity contribution is -0.137. The topological polar surface area (TPSA) is 76.1 Å². The van der Waals surface area contributed by atoms with E-state index in [9.17, 15) is 9.59 Å². The van der Waals surface area contributed by atoms with Crippen LogP contribution in [0.2, 0.25) is 0 Å². The first kappa shape index (κ1) is 19.1. The van der Waals surface area contributed by atoms with E-state index in [0.717, 1.165) is 23.5 Å². The first-order chi connectivity index (χ1) is 12.0. The van der Waals surface area contributed by atoms with Crippen LogP contribution in [-0.2, 0) is 22.6 Å². The van der Waals surface area contributed by atoms with Gasteiger partial charge < -0.3 is 19.5 Å². The van der Waals surface area contributed by atoms with Gasteiger partial charge in [-0.25, -0.2) is 0 Å². The summed E-state index contributed by atoms with van der Waals surface area (Å²) in [5.41, 5.74) is 2.29. The molecule has 1 aromatic carbocycles. The molecule has 1 N–H and O–H groups in total. The maximum atomic E-state index is 12.4. The molecule has 0 atom stereocenters. The third-order valence-corrected chi connectivity index (χ3v) is 4.26. The van der Waals surface area contributed by atoms with Crippen molar-refractivity contribution in [2.24, 2.45) is 0 Å². The number of nitrogens with zero attached hydrogens (tertiary/aromatic N) is 1. The average Bonchev–Trinajstić information content (AvgIpc) is 2.59. The first-order valence-corrected chi connectivity index (χ1v) is 8.96. The molecule has 1 aliphatic heterocycles. The van der Waals surface area contributed by atoms with Gasteiger partial charge >= 0.3 is 5.97 Å². The molecule has 2 rings (SSSR count). The summed E-state index contributed by atoms with van der Waals surface area (Å²) in [7, 11) is 0. The third kappa shape index (κ3) is 5.37. The summed E-state index contributed by atoms with van der Waals surface area (Å²) >= 11 is 0. The fraction of sp³-hybridized carbons (Fsp3) is 0.579. The Morgan fingerprint density at radius 2 is 1.64 bits per heavy atom. The van der Waals surface area contributed by atoms with Gasteiger partial charge in [-0.3, -0.25) is 9.59 Å². The maximum Gasteiger partial charge on any atom is 0.303 e. The third-order valence-electron chi connectivity index (χ3n) is 4.26. The number of fused-ring (bicyclic) bond motifs is 1. The van der Waals surface area contributed by atoms with E-state index in [1.807, 2.05) is 30.9 Å². The second-order valence-electron chi connectivity index (χ2n) is 6.10. The van der Waals surface area contributed by atoms with E-state index in [-0.39, 0.29) is 12.3 Å². The molecule has 6 heteroatoms. The normalized spacial score (nSPS) is 13.3. The Morgan fingerprint density at radius 1 is 1.04 bits per heavy atom. The van der Waals surface area contributed by atoms with Crippen LogP contribution < -0.4 is 9.47 Å². The maximum absolute atomic E-state index is 12.4. The molecule has 1 aromatic rings. The minimum Gasteiger partial charge on any atom is -0.490 e. The molecular formula is C19H27NO5. The Hall–Kier alpha value is -2.24. The van der Waals surface area contributed by atoms with E-state index >= 15 is 0 Å². The number of carbonyl (C=O) groups is 2. The fourth-order valence-corrected chi connectivity index (χ4v) is 3.02. The van der Waals surface area contributed by atoms with E-state index in [1.54, 1.807) is 0 Å². The summed E-state index contributed by atoms with van der Waals surface area (Å²) in [6, 6.07) is 4.01. The zero-order valence-electron chi connectivity index (χ0n) is 15.0. The summed E-state index contributed by atoms with van der Waals surface area (Å²) in [5, 5.41) is 8.65. The lowest BCUT2D eigenvalue weighted by atomic mass is 9.98. The van der Waals surface area contributed by atoms with Crippen molar-refractivity contribution in [1.82, 2.24) is 4.90 Å². The molecule has 25 heavy (non-hydrogen) atoms. The molecule has 0 spiro atoms. The molecule has 0 fully saturated rings. The minimum atomic E-state index is -0.812. The van der Waals surface area contributed by atoms with Crippen LogP contribution in [0.1, 0.15) is 50.7 Å². The summed E-state index contributed by atoms with van der Waals surface area (Å²) in [5.74, 6) is 0.756. The smallest absolute Gasteiger partial charge is 0.303 e. The number of hydrogen-bond donors (Lipinski definition) is 1. The van der Waals surface area contributed by atoms with Crippen molar-refractivity contribution in [2.45, 2.75) is 52.5 Å². The highest BCUT2D eigenvalue weighted by atomic mass is 16.5. The molecule has 0 saturated carbocycles. The molecular weight excluding hydrogens is 322 g/mol. The number of benzene rings is 1. The highest BCUT2D eigenvalue weighted by molar-refractivity contribution is 5.76. The summed E-state index contributed by atoms with van der Waals surface area (Å²) in [6.45, 7) is 6.27. The quantitative estimate of drug-likeness (QED) is 0.694. The van der Waals surface area contributed by atoms with Gasteiger partial charge in [-0.2, -0.15) is 0 Å². The Balaban J connectivity index is 2.00. The van der Waals surface area contributed by atoms with Gasteiger partial charge in [0.25, 0.3) is 0 Å². The number of unbranched alkanes of at least 4 members (excludes halogenated alkanes) is 1. The van der Waals surface area contributed by atoms with Gasteiger partial charge in [-0.05, 0) is 56.4 Å². The molecule has 0 aromatic heterocycles. The molecule has 1 aliphatic rings. The van der Waals surface area contributed by atoms with Crippen LogP contribution in [0.5, 0.6) is 11.5 Å². The van der Waals surface area contributed by atoms with Crippen molar-refractivity contribution in [3.05, 3.63) is 23.3 Å². The van der Waals surface area contributed by atoms with E-state index in [1.165, 1.54) is 5.56 Å². The van der Waals surface area contributed by atoms with Crippen molar-refractivity contribution in [3.63, 3.8) is 0 Å².